The fourth-order valence-electron chi connectivity index (χ4n) is 2.87. The molecular weight excluding hydrogens is 226 g/mol. The van der Waals surface area contributed by atoms with Crippen molar-refractivity contribution >= 4 is 0 Å². The minimum absolute atomic E-state index is 0.311. The Morgan fingerprint density at radius 3 is 3.06 bits per heavy atom. The Morgan fingerprint density at radius 2 is 2.28 bits per heavy atom. The molecule has 0 bridgehead atoms. The molecule has 18 heavy (non-hydrogen) atoms. The molecule has 1 aliphatic carbocycles. The lowest BCUT2D eigenvalue weighted by atomic mass is 9.85. The number of hydrogen-bond donors (Lipinski definition) is 2. The number of rotatable bonds is 6. The number of aromatic nitrogens is 2. The number of nitrogens with zero attached hydrogens (tertiary/aromatic N) is 2. The normalized spacial score (nSPS) is 24.3. The zero-order valence-electron chi connectivity index (χ0n) is 11.3. The van der Waals surface area contributed by atoms with Crippen LogP contribution in [0.25, 0.3) is 0 Å². The van der Waals surface area contributed by atoms with Gasteiger partial charge in [0, 0.05) is 31.9 Å². The van der Waals surface area contributed by atoms with Crippen molar-refractivity contribution in [1.82, 2.24) is 14.9 Å². The maximum Gasteiger partial charge on any atom is 0.0948 e. The number of aliphatic hydroxyl groups excluding tert-OH is 1. The van der Waals surface area contributed by atoms with Crippen LogP contribution in [0.1, 0.15) is 44.7 Å². The monoisotopic (exact) mass is 251 g/mol. The van der Waals surface area contributed by atoms with E-state index < -0.39 is 0 Å². The van der Waals surface area contributed by atoms with Crippen LogP contribution in [0.4, 0.5) is 0 Å². The molecule has 1 heterocycles. The summed E-state index contributed by atoms with van der Waals surface area (Å²) in [5.41, 5.74) is 1.25. The molecule has 0 amide bonds. The lowest BCUT2D eigenvalue weighted by molar-refractivity contribution is 0.152. The van der Waals surface area contributed by atoms with Gasteiger partial charge in [-0.1, -0.05) is 19.8 Å². The van der Waals surface area contributed by atoms with Gasteiger partial charge >= 0.3 is 0 Å². The third-order valence-corrected chi connectivity index (χ3v) is 3.95. The highest BCUT2D eigenvalue weighted by Gasteiger charge is 2.23. The van der Waals surface area contributed by atoms with E-state index in [1.165, 1.54) is 25.0 Å². The second-order valence-electron chi connectivity index (χ2n) is 5.29. The Balaban J connectivity index is 1.87. The lowest BCUT2D eigenvalue weighted by Crippen LogP contribution is -2.40. The van der Waals surface area contributed by atoms with Crippen molar-refractivity contribution in [3.63, 3.8) is 0 Å². The molecule has 4 nitrogen and oxygen atoms in total. The number of aryl methyl sites for hydroxylation is 1. The number of hydrogen-bond acceptors (Lipinski definition) is 3. The first kappa shape index (κ1) is 13.6. The molecule has 1 aromatic rings. The van der Waals surface area contributed by atoms with Crippen LogP contribution in [0.3, 0.4) is 0 Å². The van der Waals surface area contributed by atoms with E-state index in [9.17, 15) is 5.11 Å². The Kier molecular flexibility index (Phi) is 5.20. The molecule has 2 N–H and O–H groups in total. The van der Waals surface area contributed by atoms with Crippen LogP contribution in [0.2, 0.25) is 0 Å². The van der Waals surface area contributed by atoms with Crippen molar-refractivity contribution in [1.29, 1.82) is 0 Å². The summed E-state index contributed by atoms with van der Waals surface area (Å²) in [5.74, 6) is 0.432. The van der Waals surface area contributed by atoms with Gasteiger partial charge in [0.25, 0.3) is 0 Å². The molecule has 0 radical (unpaired) electrons. The lowest BCUT2D eigenvalue weighted by Gasteiger charge is -2.31. The van der Waals surface area contributed by atoms with Gasteiger partial charge in [-0.25, -0.2) is 4.98 Å². The minimum atomic E-state index is 0.311. The van der Waals surface area contributed by atoms with Crippen LogP contribution < -0.4 is 5.32 Å². The Hall–Kier alpha value is -0.870. The third kappa shape index (κ3) is 3.33. The summed E-state index contributed by atoms with van der Waals surface area (Å²) in [5, 5.41) is 13.0. The van der Waals surface area contributed by atoms with Crippen LogP contribution in [0.5, 0.6) is 0 Å². The second-order valence-corrected chi connectivity index (χ2v) is 5.29. The molecule has 2 atom stereocenters. The second kappa shape index (κ2) is 6.90. The summed E-state index contributed by atoms with van der Waals surface area (Å²) in [6.45, 7) is 4.39. The zero-order chi connectivity index (χ0) is 12.8. The van der Waals surface area contributed by atoms with E-state index >= 15 is 0 Å². The third-order valence-electron chi connectivity index (χ3n) is 3.95. The molecule has 102 valence electrons. The maximum atomic E-state index is 9.40. The van der Waals surface area contributed by atoms with Crippen LogP contribution >= 0.6 is 0 Å². The van der Waals surface area contributed by atoms with Crippen molar-refractivity contribution < 1.29 is 5.11 Å². The molecular formula is C14H25N3O. The van der Waals surface area contributed by atoms with Crippen LogP contribution in [0.15, 0.2) is 12.5 Å². The van der Waals surface area contributed by atoms with Crippen molar-refractivity contribution in [3.05, 3.63) is 18.2 Å². The van der Waals surface area contributed by atoms with E-state index in [0.717, 1.165) is 25.9 Å². The molecule has 1 fully saturated rings. The van der Waals surface area contributed by atoms with Gasteiger partial charge in [-0.15, -0.1) is 0 Å². The quantitative estimate of drug-likeness (QED) is 0.812. The van der Waals surface area contributed by atoms with E-state index in [1.54, 1.807) is 0 Å². The Labute approximate surface area is 109 Å². The van der Waals surface area contributed by atoms with E-state index in [0.29, 0.717) is 18.6 Å². The standard InChI is InChI=1S/C14H25N3O/c1-2-7-17-11-15-8-13(17)9-16-14-6-4-3-5-12(14)10-18/h8,11-12,14,16,18H,2-7,9-10H2,1H3. The molecule has 1 aliphatic rings. The fourth-order valence-corrected chi connectivity index (χ4v) is 2.87. The highest BCUT2D eigenvalue weighted by molar-refractivity contribution is 4.98. The molecule has 0 aromatic carbocycles. The summed E-state index contributed by atoms with van der Waals surface area (Å²) >= 11 is 0. The van der Waals surface area contributed by atoms with E-state index in [4.69, 9.17) is 0 Å². The van der Waals surface area contributed by atoms with Gasteiger partial charge in [0.15, 0.2) is 0 Å². The topological polar surface area (TPSA) is 50.1 Å². The van der Waals surface area contributed by atoms with Gasteiger partial charge in [0.1, 0.15) is 0 Å². The number of nitrogens with one attached hydrogen (secondary N) is 1. The van der Waals surface area contributed by atoms with Crippen LogP contribution in [-0.2, 0) is 13.1 Å². The molecule has 1 saturated carbocycles. The molecule has 0 aliphatic heterocycles. The predicted molar refractivity (Wildman–Crippen MR) is 72.2 cm³/mol. The molecule has 2 rings (SSSR count). The van der Waals surface area contributed by atoms with Crippen molar-refractivity contribution in [2.75, 3.05) is 6.61 Å². The van der Waals surface area contributed by atoms with E-state index in [2.05, 4.69) is 21.8 Å². The molecule has 0 spiro atoms. The van der Waals surface area contributed by atoms with E-state index in [1.807, 2.05) is 12.5 Å². The molecule has 0 saturated heterocycles. The summed E-state index contributed by atoms with van der Waals surface area (Å²) in [4.78, 5) is 4.22. The van der Waals surface area contributed by atoms with Crippen molar-refractivity contribution in [3.8, 4) is 0 Å². The van der Waals surface area contributed by atoms with Crippen molar-refractivity contribution in [2.24, 2.45) is 5.92 Å². The molecule has 4 heteroatoms. The first-order valence-electron chi connectivity index (χ1n) is 7.18. The van der Waals surface area contributed by atoms with Gasteiger partial charge in [-0.2, -0.15) is 0 Å². The Bertz CT molecular complexity index is 351. The summed E-state index contributed by atoms with van der Waals surface area (Å²) in [7, 11) is 0. The van der Waals surface area contributed by atoms with Gasteiger partial charge in [-0.3, -0.25) is 0 Å². The zero-order valence-corrected chi connectivity index (χ0v) is 11.3. The van der Waals surface area contributed by atoms with Gasteiger partial charge in [0.2, 0.25) is 0 Å². The van der Waals surface area contributed by atoms with Crippen LogP contribution in [-0.4, -0.2) is 27.3 Å². The minimum Gasteiger partial charge on any atom is -0.396 e. The first-order chi connectivity index (χ1) is 8.85. The highest BCUT2D eigenvalue weighted by atomic mass is 16.3. The summed E-state index contributed by atoms with van der Waals surface area (Å²) < 4.78 is 2.21. The fraction of sp³-hybridized carbons (Fsp3) is 0.786. The van der Waals surface area contributed by atoms with Crippen molar-refractivity contribution in [2.45, 2.75) is 58.2 Å². The van der Waals surface area contributed by atoms with Gasteiger partial charge < -0.3 is 15.0 Å². The predicted octanol–water partition coefficient (Wildman–Crippen LogP) is 1.93. The summed E-state index contributed by atoms with van der Waals surface area (Å²) in [6, 6.07) is 0.466. The van der Waals surface area contributed by atoms with Gasteiger partial charge in [-0.05, 0) is 25.2 Å². The SMILES string of the molecule is CCCn1cncc1CNC1CCCCC1CO. The number of imidazole rings is 1. The largest absolute Gasteiger partial charge is 0.396 e. The van der Waals surface area contributed by atoms with Crippen LogP contribution in [0, 0.1) is 5.92 Å². The molecule has 2 unspecified atom stereocenters. The highest BCUT2D eigenvalue weighted by Crippen LogP contribution is 2.24. The average molecular weight is 251 g/mol. The Morgan fingerprint density at radius 1 is 1.44 bits per heavy atom. The smallest absolute Gasteiger partial charge is 0.0948 e. The van der Waals surface area contributed by atoms with Gasteiger partial charge in [0.05, 0.1) is 12.0 Å². The maximum absolute atomic E-state index is 9.40. The van der Waals surface area contributed by atoms with E-state index in [-0.39, 0.29) is 0 Å². The summed E-state index contributed by atoms with van der Waals surface area (Å²) in [6.07, 6.45) is 9.87. The number of aliphatic hydroxyl groups is 1. The molecule has 1 aromatic heterocycles. The average Bonchev–Trinajstić information content (AvgIpc) is 2.84. The first-order valence-corrected chi connectivity index (χ1v) is 7.18.